The van der Waals surface area contributed by atoms with E-state index in [4.69, 9.17) is 0 Å². The molecular weight excluding hydrogens is 605 g/mol. The predicted octanol–water partition coefficient (Wildman–Crippen LogP) is 13.3. The van der Waals surface area contributed by atoms with E-state index in [1.54, 1.807) is 0 Å². The molecule has 9 aromatic rings. The van der Waals surface area contributed by atoms with Crippen LogP contribution in [0.4, 0.5) is 17.1 Å². The summed E-state index contributed by atoms with van der Waals surface area (Å²) in [7, 11) is 0. The first-order chi connectivity index (χ1) is 24.8. The molecule has 2 nitrogen and oxygen atoms in total. The maximum Gasteiger partial charge on any atom is 0.0561 e. The molecule has 2 heteroatoms. The van der Waals surface area contributed by atoms with Crippen molar-refractivity contribution >= 4 is 38.9 Å². The first kappa shape index (κ1) is 29.5. The van der Waals surface area contributed by atoms with Crippen LogP contribution in [-0.4, -0.2) is 4.57 Å². The normalized spacial score (nSPS) is 11.2. The Balaban J connectivity index is 1.20. The van der Waals surface area contributed by atoms with Crippen LogP contribution in [-0.2, 0) is 0 Å². The number of nitrogens with zero attached hydrogens (tertiary/aromatic N) is 2. The summed E-state index contributed by atoms with van der Waals surface area (Å²) in [6.45, 7) is 0. The number of benzene rings is 8. The zero-order valence-electron chi connectivity index (χ0n) is 27.5. The summed E-state index contributed by atoms with van der Waals surface area (Å²) >= 11 is 0. The van der Waals surface area contributed by atoms with E-state index in [0.717, 1.165) is 22.7 Å². The number of rotatable bonds is 7. The van der Waals surface area contributed by atoms with Gasteiger partial charge in [0.15, 0.2) is 0 Å². The minimum Gasteiger partial charge on any atom is -0.310 e. The summed E-state index contributed by atoms with van der Waals surface area (Å²) in [5, 5.41) is 2.48. The lowest BCUT2D eigenvalue weighted by molar-refractivity contribution is 1.18. The number of anilines is 3. The molecule has 8 aromatic carbocycles. The molecule has 0 spiro atoms. The highest BCUT2D eigenvalue weighted by molar-refractivity contribution is 6.10. The number of fused-ring (bicyclic) bond motifs is 3. The molecule has 0 saturated heterocycles. The Labute approximate surface area is 292 Å². The van der Waals surface area contributed by atoms with Gasteiger partial charge in [-0.2, -0.15) is 0 Å². The standard InChI is InChI=1S/C48H34N2/c1-4-14-35(15-5-1)36-24-28-40(29-25-36)49(41-30-26-38(27-31-41)44-21-11-10-20-43(44)37-16-6-2-7-17-37)42-32-33-46-45-22-12-13-23-47(45)50(48(46)34-42)39-18-8-3-9-19-39/h1-34H. The Morgan fingerprint density at radius 2 is 0.740 bits per heavy atom. The van der Waals surface area contributed by atoms with Crippen molar-refractivity contribution in [2.75, 3.05) is 4.90 Å². The zero-order valence-corrected chi connectivity index (χ0v) is 27.5. The summed E-state index contributed by atoms with van der Waals surface area (Å²) in [6.07, 6.45) is 0. The fraction of sp³-hybridized carbons (Fsp3) is 0. The number of aromatic nitrogens is 1. The molecule has 0 bridgehead atoms. The Bertz CT molecular complexity index is 2550. The average molecular weight is 639 g/mol. The highest BCUT2D eigenvalue weighted by Crippen LogP contribution is 2.41. The van der Waals surface area contributed by atoms with Crippen LogP contribution in [0.3, 0.4) is 0 Å². The number of para-hydroxylation sites is 2. The minimum atomic E-state index is 1.10. The molecule has 0 aliphatic rings. The molecule has 9 rings (SSSR count). The molecule has 0 saturated carbocycles. The van der Waals surface area contributed by atoms with Gasteiger partial charge in [0.1, 0.15) is 0 Å². The number of hydrogen-bond acceptors (Lipinski definition) is 1. The van der Waals surface area contributed by atoms with Crippen molar-refractivity contribution in [3.8, 4) is 39.1 Å². The van der Waals surface area contributed by atoms with Gasteiger partial charge < -0.3 is 9.47 Å². The monoisotopic (exact) mass is 638 g/mol. The van der Waals surface area contributed by atoms with Crippen LogP contribution in [0.2, 0.25) is 0 Å². The molecule has 0 amide bonds. The molecule has 0 N–H and O–H groups in total. The summed E-state index contributed by atoms with van der Waals surface area (Å²) < 4.78 is 2.38. The second-order valence-corrected chi connectivity index (χ2v) is 12.6. The molecule has 0 unspecified atom stereocenters. The van der Waals surface area contributed by atoms with Gasteiger partial charge in [0, 0.05) is 33.5 Å². The van der Waals surface area contributed by atoms with E-state index in [-0.39, 0.29) is 0 Å². The van der Waals surface area contributed by atoms with E-state index >= 15 is 0 Å². The Hall–Kier alpha value is -6.64. The van der Waals surface area contributed by atoms with Crippen molar-refractivity contribution in [3.05, 3.63) is 206 Å². The minimum absolute atomic E-state index is 1.10. The van der Waals surface area contributed by atoms with Crippen molar-refractivity contribution in [2.24, 2.45) is 0 Å². The van der Waals surface area contributed by atoms with Crippen molar-refractivity contribution in [2.45, 2.75) is 0 Å². The molecule has 0 radical (unpaired) electrons. The van der Waals surface area contributed by atoms with Crippen LogP contribution >= 0.6 is 0 Å². The second-order valence-electron chi connectivity index (χ2n) is 12.6. The number of hydrogen-bond donors (Lipinski definition) is 0. The maximum atomic E-state index is 2.38. The smallest absolute Gasteiger partial charge is 0.0561 e. The fourth-order valence-electron chi connectivity index (χ4n) is 7.23. The summed E-state index contributed by atoms with van der Waals surface area (Å²) in [5.74, 6) is 0. The third kappa shape index (κ3) is 5.34. The first-order valence-electron chi connectivity index (χ1n) is 17.1. The largest absolute Gasteiger partial charge is 0.310 e. The Morgan fingerprint density at radius 1 is 0.300 bits per heavy atom. The van der Waals surface area contributed by atoms with E-state index in [2.05, 4.69) is 216 Å². The highest BCUT2D eigenvalue weighted by atomic mass is 15.1. The van der Waals surface area contributed by atoms with E-state index in [9.17, 15) is 0 Å². The van der Waals surface area contributed by atoms with Gasteiger partial charge in [-0.05, 0) is 88.0 Å². The maximum absolute atomic E-state index is 2.38. The van der Waals surface area contributed by atoms with E-state index in [1.807, 2.05) is 0 Å². The van der Waals surface area contributed by atoms with Crippen molar-refractivity contribution in [1.29, 1.82) is 0 Å². The van der Waals surface area contributed by atoms with Crippen LogP contribution < -0.4 is 4.90 Å². The van der Waals surface area contributed by atoms with Crippen molar-refractivity contribution in [1.82, 2.24) is 4.57 Å². The van der Waals surface area contributed by atoms with Crippen molar-refractivity contribution in [3.63, 3.8) is 0 Å². The fourth-order valence-corrected chi connectivity index (χ4v) is 7.23. The molecular formula is C48H34N2. The van der Waals surface area contributed by atoms with Gasteiger partial charge in [-0.1, -0.05) is 152 Å². The molecule has 0 fully saturated rings. The van der Waals surface area contributed by atoms with Crippen LogP contribution in [0.25, 0.3) is 60.9 Å². The molecule has 0 aliphatic carbocycles. The first-order valence-corrected chi connectivity index (χ1v) is 17.1. The zero-order chi connectivity index (χ0) is 33.3. The van der Waals surface area contributed by atoms with Crippen LogP contribution in [0.5, 0.6) is 0 Å². The topological polar surface area (TPSA) is 8.17 Å². The van der Waals surface area contributed by atoms with Crippen LogP contribution in [0.15, 0.2) is 206 Å². The van der Waals surface area contributed by atoms with Crippen LogP contribution in [0, 0.1) is 0 Å². The SMILES string of the molecule is c1ccc(-c2ccc(N(c3ccc(-c4ccccc4-c4ccccc4)cc3)c3ccc4c5ccccc5n(-c5ccccc5)c4c3)cc2)cc1. The molecule has 50 heavy (non-hydrogen) atoms. The van der Waals surface area contributed by atoms with Gasteiger partial charge in [-0.25, -0.2) is 0 Å². The van der Waals surface area contributed by atoms with Crippen LogP contribution in [0.1, 0.15) is 0 Å². The lowest BCUT2D eigenvalue weighted by atomic mass is 9.94. The van der Waals surface area contributed by atoms with Crippen molar-refractivity contribution < 1.29 is 0 Å². The van der Waals surface area contributed by atoms with E-state index < -0.39 is 0 Å². The molecule has 0 atom stereocenters. The lowest BCUT2D eigenvalue weighted by Crippen LogP contribution is -2.10. The van der Waals surface area contributed by atoms with Gasteiger partial charge >= 0.3 is 0 Å². The summed E-state index contributed by atoms with van der Waals surface area (Å²) in [6, 6.07) is 74.0. The molecule has 0 aliphatic heterocycles. The van der Waals surface area contributed by atoms with Gasteiger partial charge in [0.2, 0.25) is 0 Å². The van der Waals surface area contributed by atoms with Gasteiger partial charge in [0.05, 0.1) is 11.0 Å². The summed E-state index contributed by atoms with van der Waals surface area (Å²) in [4.78, 5) is 2.37. The quantitative estimate of drug-likeness (QED) is 0.169. The third-order valence-corrected chi connectivity index (χ3v) is 9.61. The van der Waals surface area contributed by atoms with Gasteiger partial charge in [-0.3, -0.25) is 0 Å². The van der Waals surface area contributed by atoms with Gasteiger partial charge in [0.25, 0.3) is 0 Å². The predicted molar refractivity (Wildman–Crippen MR) is 212 cm³/mol. The molecule has 1 heterocycles. The second kappa shape index (κ2) is 12.8. The Morgan fingerprint density at radius 3 is 1.38 bits per heavy atom. The Kier molecular flexibility index (Phi) is 7.53. The third-order valence-electron chi connectivity index (χ3n) is 9.61. The van der Waals surface area contributed by atoms with Gasteiger partial charge in [-0.15, -0.1) is 0 Å². The van der Waals surface area contributed by atoms with E-state index in [1.165, 1.54) is 55.2 Å². The molecule has 1 aromatic heterocycles. The lowest BCUT2D eigenvalue weighted by Gasteiger charge is -2.26. The molecule has 236 valence electrons. The summed E-state index contributed by atoms with van der Waals surface area (Å²) in [5.41, 5.74) is 14.1. The highest BCUT2D eigenvalue weighted by Gasteiger charge is 2.18. The van der Waals surface area contributed by atoms with E-state index in [0.29, 0.717) is 0 Å². The average Bonchev–Trinajstić information content (AvgIpc) is 3.53.